The van der Waals surface area contributed by atoms with E-state index in [1.807, 2.05) is 24.3 Å². The van der Waals surface area contributed by atoms with Crippen LogP contribution in [0, 0.1) is 5.92 Å². The van der Waals surface area contributed by atoms with Gasteiger partial charge in [-0.2, -0.15) is 0 Å². The fourth-order valence-corrected chi connectivity index (χ4v) is 5.32. The molecule has 39 heavy (non-hydrogen) atoms. The number of benzene rings is 2. The highest BCUT2D eigenvalue weighted by molar-refractivity contribution is 5.89. The van der Waals surface area contributed by atoms with Gasteiger partial charge in [-0.1, -0.05) is 66.7 Å². The zero-order valence-electron chi connectivity index (χ0n) is 22.9. The number of pyridine rings is 1. The molecule has 1 unspecified atom stereocenters. The van der Waals surface area contributed by atoms with E-state index in [2.05, 4.69) is 69.5 Å². The molecule has 206 valence electrons. The second-order valence-electron chi connectivity index (χ2n) is 10.6. The largest absolute Gasteiger partial charge is 0.352 e. The lowest BCUT2D eigenvalue weighted by Crippen LogP contribution is -2.52. The van der Waals surface area contributed by atoms with Crippen molar-refractivity contribution in [2.24, 2.45) is 5.92 Å². The minimum absolute atomic E-state index is 0.0229. The van der Waals surface area contributed by atoms with Gasteiger partial charge in [0.25, 0.3) is 0 Å². The first-order valence-electron chi connectivity index (χ1n) is 14.5. The highest BCUT2D eigenvalue weighted by Gasteiger charge is 2.28. The zero-order valence-corrected chi connectivity index (χ0v) is 22.9. The van der Waals surface area contributed by atoms with Gasteiger partial charge in [-0.15, -0.1) is 0 Å². The number of aromatic nitrogens is 1. The van der Waals surface area contributed by atoms with E-state index in [0.29, 0.717) is 6.42 Å². The Bertz CT molecular complexity index is 1070. The Morgan fingerprint density at radius 3 is 1.95 bits per heavy atom. The molecule has 4 rings (SSSR count). The maximum Gasteiger partial charge on any atom is 0.243 e. The standard InChI is InChI=1S/C33H42N4O2/c38-32(29-19-22-34-23-20-29)37-31(24-28-16-9-21-35-25-28)33(39)36-30(17-7-14-26-10-3-1-4-11-26)18-8-15-27-12-5-2-6-13-27/h1-6,9-13,16,21,25,29-31,34H,7-8,14-15,17-20,22-24H2,(H,36,39)(H,37,38). The molecule has 1 aromatic heterocycles. The molecule has 1 fully saturated rings. The summed E-state index contributed by atoms with van der Waals surface area (Å²) in [4.78, 5) is 31.0. The number of hydrogen-bond acceptors (Lipinski definition) is 4. The van der Waals surface area contributed by atoms with Crippen LogP contribution in [-0.2, 0) is 28.9 Å². The molecule has 2 aromatic carbocycles. The normalized spacial score (nSPS) is 14.6. The summed E-state index contributed by atoms with van der Waals surface area (Å²) in [6, 6.07) is 24.2. The van der Waals surface area contributed by atoms with Crippen LogP contribution in [0.5, 0.6) is 0 Å². The summed E-state index contributed by atoms with van der Waals surface area (Å²) in [6.07, 6.45) is 11.3. The highest BCUT2D eigenvalue weighted by Crippen LogP contribution is 2.15. The van der Waals surface area contributed by atoms with Crippen molar-refractivity contribution >= 4 is 11.8 Å². The number of hydrogen-bond donors (Lipinski definition) is 3. The van der Waals surface area contributed by atoms with Crippen LogP contribution in [0.1, 0.15) is 55.2 Å². The number of aryl methyl sites for hydroxylation is 2. The van der Waals surface area contributed by atoms with E-state index >= 15 is 0 Å². The van der Waals surface area contributed by atoms with Gasteiger partial charge in [-0.3, -0.25) is 14.6 Å². The first-order valence-corrected chi connectivity index (χ1v) is 14.5. The molecule has 0 aliphatic carbocycles. The SMILES string of the molecule is O=C(NC(Cc1cccnc1)C(=O)NC(CCCc1ccccc1)CCCc1ccccc1)C1CCNCC1. The van der Waals surface area contributed by atoms with Crippen LogP contribution in [-0.4, -0.2) is 42.0 Å². The molecule has 2 amide bonds. The molecular formula is C33H42N4O2. The topological polar surface area (TPSA) is 83.1 Å². The summed E-state index contributed by atoms with van der Waals surface area (Å²) >= 11 is 0. The van der Waals surface area contributed by atoms with Crippen LogP contribution < -0.4 is 16.0 Å². The molecule has 0 radical (unpaired) electrons. The third-order valence-electron chi connectivity index (χ3n) is 7.57. The third kappa shape index (κ3) is 9.95. The van der Waals surface area contributed by atoms with Crippen molar-refractivity contribution in [1.29, 1.82) is 0 Å². The Morgan fingerprint density at radius 2 is 1.38 bits per heavy atom. The van der Waals surface area contributed by atoms with E-state index in [1.54, 1.807) is 12.4 Å². The fraction of sp³-hybridized carbons (Fsp3) is 0.424. The first kappa shape index (κ1) is 28.5. The summed E-state index contributed by atoms with van der Waals surface area (Å²) in [5.41, 5.74) is 3.57. The van der Waals surface area contributed by atoms with E-state index in [9.17, 15) is 9.59 Å². The smallest absolute Gasteiger partial charge is 0.243 e. The average molecular weight is 527 g/mol. The Morgan fingerprint density at radius 1 is 0.795 bits per heavy atom. The number of carbonyl (C=O) groups excluding carboxylic acids is 2. The number of carbonyl (C=O) groups is 2. The van der Waals surface area contributed by atoms with Crippen molar-refractivity contribution in [3.63, 3.8) is 0 Å². The number of rotatable bonds is 14. The zero-order chi connectivity index (χ0) is 27.1. The van der Waals surface area contributed by atoms with Crippen LogP contribution in [0.25, 0.3) is 0 Å². The van der Waals surface area contributed by atoms with Crippen molar-refractivity contribution in [2.75, 3.05) is 13.1 Å². The van der Waals surface area contributed by atoms with Gasteiger partial charge >= 0.3 is 0 Å². The minimum atomic E-state index is -0.623. The minimum Gasteiger partial charge on any atom is -0.352 e. The number of piperidine rings is 1. The molecule has 3 aromatic rings. The fourth-order valence-electron chi connectivity index (χ4n) is 5.32. The van der Waals surface area contributed by atoms with Crippen LogP contribution in [0.4, 0.5) is 0 Å². The average Bonchev–Trinajstić information content (AvgIpc) is 2.98. The van der Waals surface area contributed by atoms with Crippen LogP contribution in [0.15, 0.2) is 85.2 Å². The molecule has 6 heteroatoms. The van der Waals surface area contributed by atoms with Crippen molar-refractivity contribution in [3.05, 3.63) is 102 Å². The number of amides is 2. The third-order valence-corrected chi connectivity index (χ3v) is 7.57. The molecular weight excluding hydrogens is 484 g/mol. The summed E-state index contributed by atoms with van der Waals surface area (Å²) < 4.78 is 0. The predicted octanol–water partition coefficient (Wildman–Crippen LogP) is 4.64. The van der Waals surface area contributed by atoms with Crippen molar-refractivity contribution in [3.8, 4) is 0 Å². The van der Waals surface area contributed by atoms with Crippen LogP contribution in [0.3, 0.4) is 0 Å². The van der Waals surface area contributed by atoms with Crippen molar-refractivity contribution in [2.45, 2.75) is 69.9 Å². The van der Waals surface area contributed by atoms with Gasteiger partial charge in [0.05, 0.1) is 0 Å². The Hall–Kier alpha value is -3.51. The molecule has 2 heterocycles. The van der Waals surface area contributed by atoms with Gasteiger partial charge in [-0.05, 0) is 87.2 Å². The number of nitrogens with zero attached hydrogens (tertiary/aromatic N) is 1. The summed E-state index contributed by atoms with van der Waals surface area (Å²) in [5.74, 6) is -0.182. The Balaban J connectivity index is 1.40. The highest BCUT2D eigenvalue weighted by atomic mass is 16.2. The lowest BCUT2D eigenvalue weighted by molar-refractivity contribution is -0.132. The lowest BCUT2D eigenvalue weighted by Gasteiger charge is -2.27. The van der Waals surface area contributed by atoms with Gasteiger partial charge in [0.2, 0.25) is 11.8 Å². The Kier molecular flexibility index (Phi) is 11.5. The second kappa shape index (κ2) is 15.8. The molecule has 1 aliphatic rings. The van der Waals surface area contributed by atoms with Crippen molar-refractivity contribution < 1.29 is 9.59 Å². The van der Waals surface area contributed by atoms with E-state index in [1.165, 1.54) is 11.1 Å². The Labute approximate surface area is 233 Å². The molecule has 6 nitrogen and oxygen atoms in total. The molecule has 1 atom stereocenters. The summed E-state index contributed by atoms with van der Waals surface area (Å²) in [6.45, 7) is 1.67. The van der Waals surface area contributed by atoms with E-state index in [0.717, 1.165) is 70.0 Å². The molecule has 3 N–H and O–H groups in total. The molecule has 0 spiro atoms. The molecule has 0 saturated carbocycles. The van der Waals surface area contributed by atoms with Crippen LogP contribution >= 0.6 is 0 Å². The monoisotopic (exact) mass is 526 g/mol. The quantitative estimate of drug-likeness (QED) is 0.286. The predicted molar refractivity (Wildman–Crippen MR) is 156 cm³/mol. The molecule has 0 bridgehead atoms. The van der Waals surface area contributed by atoms with Crippen LogP contribution in [0.2, 0.25) is 0 Å². The van der Waals surface area contributed by atoms with Gasteiger partial charge in [0.15, 0.2) is 0 Å². The van der Waals surface area contributed by atoms with Crippen molar-refractivity contribution in [1.82, 2.24) is 20.9 Å². The van der Waals surface area contributed by atoms with E-state index < -0.39 is 6.04 Å². The van der Waals surface area contributed by atoms with E-state index in [-0.39, 0.29) is 23.8 Å². The number of nitrogens with one attached hydrogen (secondary N) is 3. The first-order chi connectivity index (χ1) is 19.2. The molecule has 1 aliphatic heterocycles. The van der Waals surface area contributed by atoms with Gasteiger partial charge in [0.1, 0.15) is 6.04 Å². The van der Waals surface area contributed by atoms with Gasteiger partial charge in [-0.25, -0.2) is 0 Å². The molecule has 1 saturated heterocycles. The van der Waals surface area contributed by atoms with Gasteiger partial charge in [0, 0.05) is 30.8 Å². The van der Waals surface area contributed by atoms with Gasteiger partial charge < -0.3 is 16.0 Å². The maximum absolute atomic E-state index is 13.7. The lowest BCUT2D eigenvalue weighted by atomic mass is 9.96. The van der Waals surface area contributed by atoms with E-state index in [4.69, 9.17) is 0 Å². The summed E-state index contributed by atoms with van der Waals surface area (Å²) in [5, 5.41) is 9.74. The second-order valence-corrected chi connectivity index (χ2v) is 10.6. The summed E-state index contributed by atoms with van der Waals surface area (Å²) in [7, 11) is 0. The maximum atomic E-state index is 13.7.